The molecule has 4 nitrogen and oxygen atoms in total. The van der Waals surface area contributed by atoms with Crippen LogP contribution in [0.5, 0.6) is 0 Å². The third-order valence-corrected chi connectivity index (χ3v) is 4.54. The fourth-order valence-electron chi connectivity index (χ4n) is 3.19. The van der Waals surface area contributed by atoms with E-state index in [1.54, 1.807) is 0 Å². The zero-order valence-electron chi connectivity index (χ0n) is 11.6. The first-order valence-corrected chi connectivity index (χ1v) is 7.27. The molecule has 2 aliphatic rings. The van der Waals surface area contributed by atoms with Crippen LogP contribution in [-0.2, 0) is 9.53 Å². The lowest BCUT2D eigenvalue weighted by Crippen LogP contribution is -2.52. The van der Waals surface area contributed by atoms with Gasteiger partial charge in [0.05, 0.1) is 19.3 Å². The van der Waals surface area contributed by atoms with Crippen molar-refractivity contribution in [1.29, 1.82) is 0 Å². The fraction of sp³-hybridized carbons (Fsp3) is 0.929. The molecule has 1 heterocycles. The van der Waals surface area contributed by atoms with Crippen LogP contribution in [0.4, 0.5) is 0 Å². The summed E-state index contributed by atoms with van der Waals surface area (Å²) >= 11 is 0. The monoisotopic (exact) mass is 254 g/mol. The largest absolute Gasteiger partial charge is 0.377 e. The predicted octanol–water partition coefficient (Wildman–Crippen LogP) is 1.39. The van der Waals surface area contributed by atoms with Crippen molar-refractivity contribution in [3.63, 3.8) is 0 Å². The van der Waals surface area contributed by atoms with Crippen LogP contribution in [0.25, 0.3) is 0 Å². The number of carbonyl (C=O) groups is 1. The molecule has 18 heavy (non-hydrogen) atoms. The van der Waals surface area contributed by atoms with Gasteiger partial charge in [-0.15, -0.1) is 0 Å². The van der Waals surface area contributed by atoms with Crippen molar-refractivity contribution in [2.24, 2.45) is 17.6 Å². The third-order valence-electron chi connectivity index (χ3n) is 4.54. The minimum absolute atomic E-state index is 0.126. The second kappa shape index (κ2) is 6.02. The smallest absolute Gasteiger partial charge is 0.226 e. The molecule has 2 fully saturated rings. The van der Waals surface area contributed by atoms with Gasteiger partial charge < -0.3 is 15.4 Å². The quantitative estimate of drug-likeness (QED) is 0.810. The van der Waals surface area contributed by atoms with Crippen molar-refractivity contribution in [3.8, 4) is 0 Å². The summed E-state index contributed by atoms with van der Waals surface area (Å²) in [4.78, 5) is 14.7. The van der Waals surface area contributed by atoms with Gasteiger partial charge in [0.2, 0.25) is 5.91 Å². The summed E-state index contributed by atoms with van der Waals surface area (Å²) in [6.07, 6.45) is 3.97. The maximum atomic E-state index is 12.7. The Kier molecular flexibility index (Phi) is 4.62. The Morgan fingerprint density at radius 2 is 2.22 bits per heavy atom. The van der Waals surface area contributed by atoms with Crippen LogP contribution in [0, 0.1) is 11.8 Å². The van der Waals surface area contributed by atoms with E-state index in [-0.39, 0.29) is 18.0 Å². The molecule has 1 aliphatic heterocycles. The first kappa shape index (κ1) is 13.8. The average Bonchev–Trinajstić information content (AvgIpc) is 2.40. The molecule has 2 rings (SSSR count). The van der Waals surface area contributed by atoms with E-state index in [9.17, 15) is 4.79 Å². The van der Waals surface area contributed by atoms with Gasteiger partial charge in [-0.05, 0) is 31.6 Å². The molecular weight excluding hydrogens is 228 g/mol. The van der Waals surface area contributed by atoms with E-state index in [0.29, 0.717) is 25.0 Å². The van der Waals surface area contributed by atoms with Crippen LogP contribution < -0.4 is 5.73 Å². The number of rotatable bonds is 2. The second-order valence-corrected chi connectivity index (χ2v) is 5.83. The Morgan fingerprint density at radius 1 is 1.44 bits per heavy atom. The molecule has 2 N–H and O–H groups in total. The lowest BCUT2D eigenvalue weighted by Gasteiger charge is -2.40. The van der Waals surface area contributed by atoms with E-state index in [4.69, 9.17) is 10.5 Å². The molecule has 1 amide bonds. The summed E-state index contributed by atoms with van der Waals surface area (Å²) in [5, 5.41) is 0. The van der Waals surface area contributed by atoms with E-state index in [1.165, 1.54) is 0 Å². The summed E-state index contributed by atoms with van der Waals surface area (Å²) in [7, 11) is 0. The Balaban J connectivity index is 2.04. The average molecular weight is 254 g/mol. The summed E-state index contributed by atoms with van der Waals surface area (Å²) in [6.45, 7) is 6.42. The highest BCUT2D eigenvalue weighted by molar-refractivity contribution is 5.79. The van der Waals surface area contributed by atoms with Crippen LogP contribution >= 0.6 is 0 Å². The maximum absolute atomic E-state index is 12.7. The number of carbonyl (C=O) groups excluding carboxylic acids is 1. The van der Waals surface area contributed by atoms with E-state index in [2.05, 4.69) is 13.8 Å². The molecule has 1 aliphatic carbocycles. The van der Waals surface area contributed by atoms with Gasteiger partial charge in [-0.25, -0.2) is 0 Å². The molecule has 1 saturated heterocycles. The van der Waals surface area contributed by atoms with Gasteiger partial charge in [0, 0.05) is 18.5 Å². The van der Waals surface area contributed by atoms with Crippen LogP contribution in [0.1, 0.15) is 39.5 Å². The number of nitrogens with zero attached hydrogens (tertiary/aromatic N) is 1. The number of hydrogen-bond donors (Lipinski definition) is 1. The molecule has 104 valence electrons. The van der Waals surface area contributed by atoms with Crippen molar-refractivity contribution >= 4 is 5.91 Å². The van der Waals surface area contributed by atoms with Gasteiger partial charge in [0.15, 0.2) is 0 Å². The van der Waals surface area contributed by atoms with E-state index in [1.807, 2.05) is 4.90 Å². The standard InChI is InChI=1S/C14H26N2O2/c1-3-12-9-18-7-6-16(12)14(17)13-8-11(15)5-4-10(13)2/h10-13H,3-9,15H2,1-2H3. The predicted molar refractivity (Wildman–Crippen MR) is 71.1 cm³/mol. The number of morpholine rings is 1. The molecule has 4 heteroatoms. The minimum Gasteiger partial charge on any atom is -0.377 e. The lowest BCUT2D eigenvalue weighted by atomic mass is 9.77. The second-order valence-electron chi connectivity index (χ2n) is 5.83. The van der Waals surface area contributed by atoms with Crippen molar-refractivity contribution in [1.82, 2.24) is 4.90 Å². The topological polar surface area (TPSA) is 55.6 Å². The van der Waals surface area contributed by atoms with Crippen LogP contribution in [0.2, 0.25) is 0 Å². The number of nitrogens with two attached hydrogens (primary N) is 1. The Hall–Kier alpha value is -0.610. The molecule has 0 radical (unpaired) electrons. The molecule has 4 unspecified atom stereocenters. The van der Waals surface area contributed by atoms with Crippen molar-refractivity contribution in [3.05, 3.63) is 0 Å². The minimum atomic E-state index is 0.126. The molecule has 4 atom stereocenters. The molecule has 0 aromatic heterocycles. The molecule has 0 aromatic carbocycles. The van der Waals surface area contributed by atoms with E-state index >= 15 is 0 Å². The van der Waals surface area contributed by atoms with Crippen LogP contribution in [0.15, 0.2) is 0 Å². The zero-order chi connectivity index (χ0) is 13.1. The van der Waals surface area contributed by atoms with E-state index in [0.717, 1.165) is 32.2 Å². The van der Waals surface area contributed by atoms with Crippen LogP contribution in [-0.4, -0.2) is 42.6 Å². The molecule has 0 spiro atoms. The third kappa shape index (κ3) is 2.86. The van der Waals surface area contributed by atoms with Crippen molar-refractivity contribution < 1.29 is 9.53 Å². The van der Waals surface area contributed by atoms with Gasteiger partial charge in [0.1, 0.15) is 0 Å². The van der Waals surface area contributed by atoms with Crippen LogP contribution in [0.3, 0.4) is 0 Å². The molecule has 1 saturated carbocycles. The SMILES string of the molecule is CCC1COCCN1C(=O)C1CC(N)CCC1C. The normalized spacial score (nSPS) is 37.6. The lowest BCUT2D eigenvalue weighted by molar-refractivity contribution is -0.147. The summed E-state index contributed by atoms with van der Waals surface area (Å²) in [6, 6.07) is 0.466. The van der Waals surface area contributed by atoms with Gasteiger partial charge in [0.25, 0.3) is 0 Å². The van der Waals surface area contributed by atoms with Gasteiger partial charge in [-0.3, -0.25) is 4.79 Å². The molecule has 0 aromatic rings. The molecule has 0 bridgehead atoms. The Morgan fingerprint density at radius 3 is 2.94 bits per heavy atom. The van der Waals surface area contributed by atoms with Crippen molar-refractivity contribution in [2.45, 2.75) is 51.6 Å². The number of amides is 1. The Labute approximate surface area is 110 Å². The fourth-order valence-corrected chi connectivity index (χ4v) is 3.19. The first-order valence-electron chi connectivity index (χ1n) is 7.27. The van der Waals surface area contributed by atoms with Crippen molar-refractivity contribution in [2.75, 3.05) is 19.8 Å². The highest BCUT2D eigenvalue weighted by atomic mass is 16.5. The number of ether oxygens (including phenoxy) is 1. The zero-order valence-corrected chi connectivity index (χ0v) is 11.6. The molecular formula is C14H26N2O2. The number of hydrogen-bond acceptors (Lipinski definition) is 3. The highest BCUT2D eigenvalue weighted by Crippen LogP contribution is 2.31. The van der Waals surface area contributed by atoms with Gasteiger partial charge in [-0.2, -0.15) is 0 Å². The Bertz CT molecular complexity index is 292. The maximum Gasteiger partial charge on any atom is 0.226 e. The summed E-state index contributed by atoms with van der Waals surface area (Å²) in [5.41, 5.74) is 6.03. The summed E-state index contributed by atoms with van der Waals surface area (Å²) < 4.78 is 5.47. The first-order chi connectivity index (χ1) is 8.63. The highest BCUT2D eigenvalue weighted by Gasteiger charge is 2.36. The van der Waals surface area contributed by atoms with E-state index < -0.39 is 0 Å². The summed E-state index contributed by atoms with van der Waals surface area (Å²) in [5.74, 6) is 0.909. The van der Waals surface area contributed by atoms with Gasteiger partial charge >= 0.3 is 0 Å². The van der Waals surface area contributed by atoms with Gasteiger partial charge in [-0.1, -0.05) is 13.8 Å².